The van der Waals surface area contributed by atoms with Crippen molar-refractivity contribution in [1.29, 1.82) is 0 Å². The van der Waals surface area contributed by atoms with Crippen LogP contribution in [0.4, 0.5) is 5.69 Å². The number of nitrogens with zero attached hydrogens (tertiary/aromatic N) is 3. The third-order valence-electron chi connectivity index (χ3n) is 6.13. The Labute approximate surface area is 199 Å². The molecule has 2 aromatic carbocycles. The number of hydrogen-bond donors (Lipinski definition) is 0. The molecule has 33 heavy (non-hydrogen) atoms. The van der Waals surface area contributed by atoms with Gasteiger partial charge in [-0.15, -0.1) is 0 Å². The number of hydrogen-bond acceptors (Lipinski definition) is 5. The van der Waals surface area contributed by atoms with Crippen LogP contribution in [0.2, 0.25) is 5.02 Å². The number of anilines is 1. The van der Waals surface area contributed by atoms with Crippen LogP contribution in [0, 0.1) is 20.8 Å². The van der Waals surface area contributed by atoms with Gasteiger partial charge in [0.05, 0.1) is 10.5 Å². The number of aromatic nitrogens is 1. The van der Waals surface area contributed by atoms with Gasteiger partial charge in [-0.1, -0.05) is 23.7 Å². The molecule has 0 radical (unpaired) electrons. The Morgan fingerprint density at radius 2 is 1.58 bits per heavy atom. The fraction of sp³-hybridized carbons (Fsp3) is 0.280. The van der Waals surface area contributed by atoms with Crippen LogP contribution < -0.4 is 4.90 Å². The summed E-state index contributed by atoms with van der Waals surface area (Å²) >= 11 is 6.15. The fourth-order valence-electron chi connectivity index (χ4n) is 3.92. The smallest absolute Gasteiger partial charge is 0.255 e. The summed E-state index contributed by atoms with van der Waals surface area (Å²) < 4.78 is 25.9. The predicted molar refractivity (Wildman–Crippen MR) is 130 cm³/mol. The molecule has 1 saturated heterocycles. The van der Waals surface area contributed by atoms with Crippen molar-refractivity contribution in [2.24, 2.45) is 0 Å². The summed E-state index contributed by atoms with van der Waals surface area (Å²) in [6.45, 7) is 8.36. The number of carbonyl (C=O) groups excluding carboxylic acids is 1. The molecule has 1 amide bonds. The van der Waals surface area contributed by atoms with E-state index in [9.17, 15) is 13.2 Å². The normalized spacial score (nSPS) is 14.4. The standard InChI is InChI=1S/C25H26ClN3O3S/c1-17-5-8-22(14-19(17)3)33(31,32)24-9-6-20(16-27-24)25(30)29-12-10-28(11-13-29)23-15-21(26)7-4-18(23)2/h4-9,14-16H,10-13H2,1-3H3. The van der Waals surface area contributed by atoms with Crippen LogP contribution in [-0.4, -0.2) is 50.4 Å². The first kappa shape index (κ1) is 23.3. The molecular weight excluding hydrogens is 458 g/mol. The number of rotatable bonds is 4. The van der Waals surface area contributed by atoms with Gasteiger partial charge in [-0.2, -0.15) is 0 Å². The van der Waals surface area contributed by atoms with Gasteiger partial charge in [0.25, 0.3) is 5.91 Å². The number of piperazine rings is 1. The van der Waals surface area contributed by atoms with E-state index >= 15 is 0 Å². The highest BCUT2D eigenvalue weighted by molar-refractivity contribution is 7.91. The van der Waals surface area contributed by atoms with E-state index in [2.05, 4.69) is 9.88 Å². The Morgan fingerprint density at radius 3 is 2.21 bits per heavy atom. The lowest BCUT2D eigenvalue weighted by Gasteiger charge is -2.36. The molecule has 0 aliphatic carbocycles. The van der Waals surface area contributed by atoms with Gasteiger partial charge in [0, 0.05) is 43.1 Å². The van der Waals surface area contributed by atoms with Crippen molar-refractivity contribution in [1.82, 2.24) is 9.88 Å². The molecule has 1 fully saturated rings. The minimum atomic E-state index is -3.74. The highest BCUT2D eigenvalue weighted by Crippen LogP contribution is 2.26. The number of aryl methyl sites for hydroxylation is 3. The highest BCUT2D eigenvalue weighted by Gasteiger charge is 2.25. The Morgan fingerprint density at radius 1 is 0.879 bits per heavy atom. The summed E-state index contributed by atoms with van der Waals surface area (Å²) in [5.41, 5.74) is 4.52. The first-order valence-electron chi connectivity index (χ1n) is 10.8. The number of benzene rings is 2. The van der Waals surface area contributed by atoms with Crippen molar-refractivity contribution < 1.29 is 13.2 Å². The van der Waals surface area contributed by atoms with Gasteiger partial charge in [-0.25, -0.2) is 13.4 Å². The summed E-state index contributed by atoms with van der Waals surface area (Å²) in [5, 5.41) is 0.625. The van der Waals surface area contributed by atoms with Crippen LogP contribution in [-0.2, 0) is 9.84 Å². The van der Waals surface area contributed by atoms with Crippen molar-refractivity contribution in [2.45, 2.75) is 30.7 Å². The Balaban J connectivity index is 1.46. The van der Waals surface area contributed by atoms with Crippen LogP contribution in [0.1, 0.15) is 27.0 Å². The van der Waals surface area contributed by atoms with E-state index in [0.717, 1.165) is 22.4 Å². The maximum Gasteiger partial charge on any atom is 0.255 e. The summed E-state index contributed by atoms with van der Waals surface area (Å²) in [6.07, 6.45) is 1.35. The second-order valence-corrected chi connectivity index (χ2v) is 10.7. The van der Waals surface area contributed by atoms with Crippen LogP contribution in [0.3, 0.4) is 0 Å². The Bertz CT molecular complexity index is 1300. The zero-order chi connectivity index (χ0) is 23.8. The zero-order valence-electron chi connectivity index (χ0n) is 18.9. The van der Waals surface area contributed by atoms with Gasteiger partial charge in [-0.05, 0) is 73.9 Å². The van der Waals surface area contributed by atoms with Crippen molar-refractivity contribution in [3.05, 3.63) is 82.0 Å². The van der Waals surface area contributed by atoms with Gasteiger partial charge >= 0.3 is 0 Å². The van der Waals surface area contributed by atoms with Gasteiger partial charge in [0.15, 0.2) is 5.03 Å². The monoisotopic (exact) mass is 483 g/mol. The number of halogens is 1. The van der Waals surface area contributed by atoms with E-state index < -0.39 is 9.84 Å². The zero-order valence-corrected chi connectivity index (χ0v) is 20.4. The van der Waals surface area contributed by atoms with Crippen molar-refractivity contribution >= 4 is 33.0 Å². The average molecular weight is 484 g/mol. The third-order valence-corrected chi connectivity index (χ3v) is 8.03. The van der Waals surface area contributed by atoms with E-state index in [4.69, 9.17) is 11.6 Å². The first-order valence-corrected chi connectivity index (χ1v) is 12.6. The first-order chi connectivity index (χ1) is 15.7. The van der Waals surface area contributed by atoms with Gasteiger partial charge in [0.2, 0.25) is 9.84 Å². The summed E-state index contributed by atoms with van der Waals surface area (Å²) in [7, 11) is -3.74. The molecule has 0 saturated carbocycles. The van der Waals surface area contributed by atoms with Crippen molar-refractivity contribution in [3.8, 4) is 0 Å². The largest absolute Gasteiger partial charge is 0.368 e. The van der Waals surface area contributed by atoms with E-state index in [1.165, 1.54) is 18.3 Å². The van der Waals surface area contributed by atoms with E-state index in [1.807, 2.05) is 39.0 Å². The molecule has 0 spiro atoms. The lowest BCUT2D eigenvalue weighted by Crippen LogP contribution is -2.49. The molecule has 0 unspecified atom stereocenters. The van der Waals surface area contributed by atoms with Crippen molar-refractivity contribution in [2.75, 3.05) is 31.1 Å². The predicted octanol–water partition coefficient (Wildman–Crippen LogP) is 4.46. The Kier molecular flexibility index (Phi) is 6.45. The molecule has 2 heterocycles. The van der Waals surface area contributed by atoms with Crippen molar-refractivity contribution in [3.63, 3.8) is 0 Å². The number of pyridine rings is 1. The lowest BCUT2D eigenvalue weighted by molar-refractivity contribution is 0.0746. The maximum absolute atomic E-state index is 13.0. The molecule has 6 nitrogen and oxygen atoms in total. The van der Waals surface area contributed by atoms with Crippen LogP contribution in [0.15, 0.2) is 64.6 Å². The van der Waals surface area contributed by atoms with Gasteiger partial charge < -0.3 is 9.80 Å². The highest BCUT2D eigenvalue weighted by atomic mass is 35.5. The molecule has 0 atom stereocenters. The molecule has 1 aromatic heterocycles. The molecule has 1 aliphatic heterocycles. The molecule has 4 rings (SSSR count). The summed E-state index contributed by atoms with van der Waals surface area (Å²) in [5.74, 6) is -0.153. The van der Waals surface area contributed by atoms with Gasteiger partial charge in [-0.3, -0.25) is 4.79 Å². The molecule has 172 valence electrons. The minimum Gasteiger partial charge on any atom is -0.368 e. The third kappa shape index (κ3) is 4.75. The minimum absolute atomic E-state index is 0.0662. The topological polar surface area (TPSA) is 70.6 Å². The summed E-state index contributed by atoms with van der Waals surface area (Å²) in [4.78, 5) is 21.3. The van der Waals surface area contributed by atoms with Crippen LogP contribution in [0.5, 0.6) is 0 Å². The molecule has 8 heteroatoms. The van der Waals surface area contributed by atoms with E-state index in [0.29, 0.717) is 36.8 Å². The van der Waals surface area contributed by atoms with Crippen LogP contribution in [0.25, 0.3) is 0 Å². The molecule has 0 bridgehead atoms. The number of carbonyl (C=O) groups is 1. The second-order valence-electron chi connectivity index (χ2n) is 8.34. The lowest BCUT2D eigenvalue weighted by atomic mass is 10.1. The fourth-order valence-corrected chi connectivity index (χ4v) is 5.35. The molecule has 3 aromatic rings. The molecular formula is C25H26ClN3O3S. The van der Waals surface area contributed by atoms with Gasteiger partial charge in [0.1, 0.15) is 0 Å². The second kappa shape index (κ2) is 9.15. The summed E-state index contributed by atoms with van der Waals surface area (Å²) in [6, 6.07) is 13.8. The molecule has 0 N–H and O–H groups in total. The Hall–Kier alpha value is -2.90. The van der Waals surface area contributed by atoms with Crippen LogP contribution >= 0.6 is 11.6 Å². The van der Waals surface area contributed by atoms with E-state index in [1.54, 1.807) is 23.1 Å². The quantitative estimate of drug-likeness (QED) is 0.548. The molecule has 1 aliphatic rings. The number of sulfone groups is 1. The van der Waals surface area contributed by atoms with E-state index in [-0.39, 0.29) is 15.8 Å². The SMILES string of the molecule is Cc1ccc(S(=O)(=O)c2ccc(C(=O)N3CCN(c4cc(Cl)ccc4C)CC3)cn2)cc1C. The average Bonchev–Trinajstić information content (AvgIpc) is 2.82. The maximum atomic E-state index is 13.0. The number of amides is 1.